The maximum absolute atomic E-state index is 4.94. The first-order chi connectivity index (χ1) is 9.03. The Morgan fingerprint density at radius 2 is 2.00 bits per heavy atom. The van der Waals surface area contributed by atoms with Gasteiger partial charge in [-0.2, -0.15) is 0 Å². The molecule has 0 unspecified atom stereocenters. The Morgan fingerprint density at radius 1 is 1.21 bits per heavy atom. The van der Waals surface area contributed by atoms with E-state index < -0.39 is 0 Å². The summed E-state index contributed by atoms with van der Waals surface area (Å²) in [5.74, 6) is 1.77. The number of fused-ring (bicyclic) bond motifs is 1. The molecule has 0 amide bonds. The molecule has 3 nitrogen and oxygen atoms in total. The van der Waals surface area contributed by atoms with Crippen molar-refractivity contribution < 1.29 is 0 Å². The zero-order chi connectivity index (χ0) is 13.5. The van der Waals surface area contributed by atoms with Crippen LogP contribution >= 0.6 is 0 Å². The van der Waals surface area contributed by atoms with Crippen LogP contribution in [0.2, 0.25) is 0 Å². The Balaban J connectivity index is 1.97. The second-order valence-corrected chi connectivity index (χ2v) is 7.24. The van der Waals surface area contributed by atoms with Gasteiger partial charge in [0, 0.05) is 37.4 Å². The highest BCUT2D eigenvalue weighted by molar-refractivity contribution is 5.32. The van der Waals surface area contributed by atoms with E-state index in [4.69, 9.17) is 9.97 Å². The minimum atomic E-state index is 0.262. The minimum absolute atomic E-state index is 0.262. The Kier molecular flexibility index (Phi) is 3.34. The average Bonchev–Trinajstić information content (AvgIpc) is 2.24. The van der Waals surface area contributed by atoms with Crippen LogP contribution in [0.15, 0.2) is 0 Å². The molecular formula is C16H25N3. The highest BCUT2D eigenvalue weighted by Crippen LogP contribution is 2.38. The summed E-state index contributed by atoms with van der Waals surface area (Å²) in [5, 5.41) is 3.47. The Labute approximate surface area is 116 Å². The van der Waals surface area contributed by atoms with Crippen LogP contribution in [0.4, 0.5) is 0 Å². The minimum Gasteiger partial charge on any atom is -0.312 e. The number of nitrogens with one attached hydrogen (secondary N) is 1. The van der Waals surface area contributed by atoms with Crippen molar-refractivity contribution >= 4 is 0 Å². The molecule has 0 saturated heterocycles. The topological polar surface area (TPSA) is 37.8 Å². The van der Waals surface area contributed by atoms with Gasteiger partial charge in [0.2, 0.25) is 0 Å². The van der Waals surface area contributed by atoms with Gasteiger partial charge in [-0.3, -0.25) is 0 Å². The van der Waals surface area contributed by atoms with Gasteiger partial charge in [-0.05, 0) is 18.3 Å². The van der Waals surface area contributed by atoms with E-state index >= 15 is 0 Å². The van der Waals surface area contributed by atoms with Gasteiger partial charge in [0.25, 0.3) is 0 Å². The van der Waals surface area contributed by atoms with E-state index in [-0.39, 0.29) is 5.41 Å². The molecule has 0 radical (unpaired) electrons. The summed E-state index contributed by atoms with van der Waals surface area (Å²) < 4.78 is 0. The largest absolute Gasteiger partial charge is 0.312 e. The molecule has 3 heteroatoms. The quantitative estimate of drug-likeness (QED) is 0.887. The molecule has 19 heavy (non-hydrogen) atoms. The van der Waals surface area contributed by atoms with Crippen LogP contribution in [-0.4, -0.2) is 16.5 Å². The molecule has 0 bridgehead atoms. The molecule has 1 aliphatic carbocycles. The number of rotatable bonds is 2. The lowest BCUT2D eigenvalue weighted by molar-refractivity contribution is 0.383. The number of hydrogen-bond donors (Lipinski definition) is 1. The first-order valence-electron chi connectivity index (χ1n) is 7.62. The molecule has 3 rings (SSSR count). The van der Waals surface area contributed by atoms with Crippen molar-refractivity contribution in [3.05, 3.63) is 22.8 Å². The molecule has 0 atom stereocenters. The lowest BCUT2D eigenvalue weighted by Gasteiger charge is -2.30. The van der Waals surface area contributed by atoms with Crippen LogP contribution in [-0.2, 0) is 19.4 Å². The van der Waals surface area contributed by atoms with Gasteiger partial charge in [0.05, 0.1) is 11.4 Å². The molecule has 1 N–H and O–H groups in total. The number of nitrogens with zero attached hydrogens (tertiary/aromatic N) is 2. The predicted molar refractivity (Wildman–Crippen MR) is 77.2 cm³/mol. The SMILES string of the molecule is CC(C)(C)Cc1nc2c(c(C3CCC3)n1)CNCC2. The van der Waals surface area contributed by atoms with Gasteiger partial charge < -0.3 is 5.32 Å². The second-order valence-electron chi connectivity index (χ2n) is 7.24. The molecule has 2 aliphatic rings. The smallest absolute Gasteiger partial charge is 0.129 e. The number of hydrogen-bond acceptors (Lipinski definition) is 3. The first kappa shape index (κ1) is 13.0. The van der Waals surface area contributed by atoms with Crippen molar-refractivity contribution in [2.24, 2.45) is 5.41 Å². The maximum Gasteiger partial charge on any atom is 0.129 e. The molecule has 0 spiro atoms. The van der Waals surface area contributed by atoms with Gasteiger partial charge in [-0.1, -0.05) is 27.2 Å². The van der Waals surface area contributed by atoms with E-state index in [1.807, 2.05) is 0 Å². The molecule has 104 valence electrons. The standard InChI is InChI=1S/C16H25N3/c1-16(2,3)9-14-18-13-7-8-17-10-12(13)15(19-14)11-5-4-6-11/h11,17H,4-10H2,1-3H3. The zero-order valence-electron chi connectivity index (χ0n) is 12.4. The van der Waals surface area contributed by atoms with E-state index in [0.717, 1.165) is 31.8 Å². The van der Waals surface area contributed by atoms with E-state index in [0.29, 0.717) is 5.92 Å². The van der Waals surface area contributed by atoms with Crippen LogP contribution in [0.25, 0.3) is 0 Å². The second kappa shape index (κ2) is 4.86. The summed E-state index contributed by atoms with van der Waals surface area (Å²) in [6, 6.07) is 0. The van der Waals surface area contributed by atoms with E-state index in [1.165, 1.54) is 36.2 Å². The monoisotopic (exact) mass is 259 g/mol. The fraction of sp³-hybridized carbons (Fsp3) is 0.750. The van der Waals surface area contributed by atoms with Crippen LogP contribution in [0, 0.1) is 5.41 Å². The molecule has 1 aromatic rings. The third-order valence-corrected chi connectivity index (χ3v) is 4.19. The molecule has 0 aromatic carbocycles. The number of aromatic nitrogens is 2. The van der Waals surface area contributed by atoms with Gasteiger partial charge in [-0.15, -0.1) is 0 Å². The van der Waals surface area contributed by atoms with Crippen molar-refractivity contribution in [1.29, 1.82) is 0 Å². The van der Waals surface area contributed by atoms with E-state index in [9.17, 15) is 0 Å². The Morgan fingerprint density at radius 3 is 2.63 bits per heavy atom. The fourth-order valence-corrected chi connectivity index (χ4v) is 2.99. The zero-order valence-corrected chi connectivity index (χ0v) is 12.4. The highest BCUT2D eigenvalue weighted by atomic mass is 15.0. The molecular weight excluding hydrogens is 234 g/mol. The van der Waals surface area contributed by atoms with Crippen LogP contribution < -0.4 is 5.32 Å². The van der Waals surface area contributed by atoms with Gasteiger partial charge >= 0.3 is 0 Å². The molecule has 1 saturated carbocycles. The molecule has 2 heterocycles. The molecule has 1 aromatic heterocycles. The van der Waals surface area contributed by atoms with E-state index in [2.05, 4.69) is 26.1 Å². The van der Waals surface area contributed by atoms with Gasteiger partial charge in [0.15, 0.2) is 0 Å². The summed E-state index contributed by atoms with van der Waals surface area (Å²) in [4.78, 5) is 9.79. The normalized spacial score (nSPS) is 19.9. The third-order valence-electron chi connectivity index (χ3n) is 4.19. The van der Waals surface area contributed by atoms with Crippen molar-refractivity contribution in [3.8, 4) is 0 Å². The summed E-state index contributed by atoms with van der Waals surface area (Å²) in [6.45, 7) is 8.82. The Hall–Kier alpha value is -0.960. The average molecular weight is 259 g/mol. The van der Waals surface area contributed by atoms with Gasteiger partial charge in [0.1, 0.15) is 5.82 Å². The Bertz CT molecular complexity index is 470. The first-order valence-corrected chi connectivity index (χ1v) is 7.62. The van der Waals surface area contributed by atoms with Crippen molar-refractivity contribution in [2.45, 2.75) is 65.3 Å². The summed E-state index contributed by atoms with van der Waals surface area (Å²) in [6.07, 6.45) is 6.05. The van der Waals surface area contributed by atoms with Gasteiger partial charge in [-0.25, -0.2) is 9.97 Å². The third kappa shape index (κ3) is 2.81. The lowest BCUT2D eigenvalue weighted by Crippen LogP contribution is -2.29. The van der Waals surface area contributed by atoms with Crippen LogP contribution in [0.5, 0.6) is 0 Å². The van der Waals surface area contributed by atoms with Crippen LogP contribution in [0.1, 0.15) is 68.7 Å². The summed E-state index contributed by atoms with van der Waals surface area (Å²) in [5.41, 5.74) is 4.35. The van der Waals surface area contributed by atoms with E-state index in [1.54, 1.807) is 0 Å². The predicted octanol–water partition coefficient (Wildman–Crippen LogP) is 2.98. The molecule has 1 aliphatic heterocycles. The summed E-state index contributed by atoms with van der Waals surface area (Å²) in [7, 11) is 0. The lowest BCUT2D eigenvalue weighted by atomic mass is 9.80. The molecule has 1 fully saturated rings. The summed E-state index contributed by atoms with van der Waals surface area (Å²) >= 11 is 0. The highest BCUT2D eigenvalue weighted by Gasteiger charge is 2.28. The van der Waals surface area contributed by atoms with Crippen LogP contribution in [0.3, 0.4) is 0 Å². The van der Waals surface area contributed by atoms with Crippen molar-refractivity contribution in [3.63, 3.8) is 0 Å². The fourth-order valence-electron chi connectivity index (χ4n) is 2.99. The maximum atomic E-state index is 4.94. The van der Waals surface area contributed by atoms with Crippen molar-refractivity contribution in [2.75, 3.05) is 6.54 Å². The van der Waals surface area contributed by atoms with Crippen molar-refractivity contribution in [1.82, 2.24) is 15.3 Å².